The molecule has 1 fully saturated rings. The van der Waals surface area contributed by atoms with Gasteiger partial charge in [-0.2, -0.15) is 0 Å². The maximum atomic E-state index is 13.3. The van der Waals surface area contributed by atoms with E-state index in [2.05, 4.69) is 10.9 Å². The van der Waals surface area contributed by atoms with E-state index in [0.717, 1.165) is 11.4 Å². The van der Waals surface area contributed by atoms with Crippen LogP contribution in [-0.2, 0) is 4.79 Å². The highest BCUT2D eigenvalue weighted by atomic mass is 19.1. The van der Waals surface area contributed by atoms with Crippen molar-refractivity contribution in [3.05, 3.63) is 77.3 Å². The number of halogens is 1. The van der Waals surface area contributed by atoms with Crippen LogP contribution >= 0.6 is 0 Å². The first-order chi connectivity index (χ1) is 15.4. The lowest BCUT2D eigenvalue weighted by atomic mass is 10.2. The maximum Gasteiger partial charge on any atom is 0.290 e. The number of carbonyl (C=O) groups is 3. The molecule has 0 spiro atoms. The summed E-state index contributed by atoms with van der Waals surface area (Å²) in [6.07, 6.45) is 2.57. The van der Waals surface area contributed by atoms with Crippen LogP contribution in [0, 0.1) is 19.7 Å². The Balaban J connectivity index is 1.43. The standard InChI is InChI=1S/C23H23FN4O4/c1-14-13-18(15(2)28(14)17-9-7-16(24)8-10-17)21(29)25-26-22(30)19-5-3-11-27(19)23(31)20-6-4-12-32-20/h4,6-10,12-13,19H,3,5,11H2,1-2H3,(H,25,29)(H,26,30)/t19-/m0/s1. The van der Waals surface area contributed by atoms with Gasteiger partial charge in [0.2, 0.25) is 0 Å². The highest BCUT2D eigenvalue weighted by Crippen LogP contribution is 2.22. The van der Waals surface area contributed by atoms with Crippen molar-refractivity contribution in [1.82, 2.24) is 20.3 Å². The van der Waals surface area contributed by atoms with Crippen LogP contribution in [-0.4, -0.2) is 39.8 Å². The summed E-state index contributed by atoms with van der Waals surface area (Å²) >= 11 is 0. The van der Waals surface area contributed by atoms with Crippen molar-refractivity contribution in [1.29, 1.82) is 0 Å². The molecule has 0 saturated carbocycles. The first-order valence-corrected chi connectivity index (χ1v) is 10.3. The van der Waals surface area contributed by atoms with Gasteiger partial charge in [0.05, 0.1) is 11.8 Å². The van der Waals surface area contributed by atoms with Gasteiger partial charge in [0.25, 0.3) is 17.7 Å². The molecule has 2 aromatic heterocycles. The fraction of sp³-hybridized carbons (Fsp3) is 0.261. The predicted octanol–water partition coefficient (Wildman–Crippen LogP) is 2.89. The molecular weight excluding hydrogens is 415 g/mol. The lowest BCUT2D eigenvalue weighted by molar-refractivity contribution is -0.125. The fourth-order valence-electron chi connectivity index (χ4n) is 4.07. The molecule has 0 bridgehead atoms. The molecule has 0 aliphatic carbocycles. The van der Waals surface area contributed by atoms with E-state index in [0.29, 0.717) is 30.6 Å². The van der Waals surface area contributed by atoms with Crippen molar-refractivity contribution in [2.24, 2.45) is 0 Å². The Morgan fingerprint density at radius 1 is 1.09 bits per heavy atom. The molecular formula is C23H23FN4O4. The Labute approximate surface area is 184 Å². The summed E-state index contributed by atoms with van der Waals surface area (Å²) in [5.41, 5.74) is 7.41. The van der Waals surface area contributed by atoms with Crippen molar-refractivity contribution in [3.8, 4) is 5.69 Å². The first-order valence-electron chi connectivity index (χ1n) is 10.3. The number of aryl methyl sites for hydroxylation is 1. The van der Waals surface area contributed by atoms with Gasteiger partial charge in [0, 0.05) is 23.6 Å². The van der Waals surface area contributed by atoms with Gasteiger partial charge in [-0.1, -0.05) is 0 Å². The number of benzene rings is 1. The number of nitrogens with one attached hydrogen (secondary N) is 2. The minimum atomic E-state index is -0.695. The van der Waals surface area contributed by atoms with Crippen LogP contribution in [0.2, 0.25) is 0 Å². The molecule has 9 heteroatoms. The zero-order valence-electron chi connectivity index (χ0n) is 17.7. The minimum Gasteiger partial charge on any atom is -0.459 e. The summed E-state index contributed by atoms with van der Waals surface area (Å²) < 4.78 is 20.2. The highest BCUT2D eigenvalue weighted by Gasteiger charge is 2.35. The average Bonchev–Trinajstić information content (AvgIpc) is 3.53. The van der Waals surface area contributed by atoms with E-state index in [4.69, 9.17) is 4.42 Å². The fourth-order valence-corrected chi connectivity index (χ4v) is 4.07. The zero-order chi connectivity index (χ0) is 22.8. The highest BCUT2D eigenvalue weighted by molar-refractivity contribution is 5.99. The molecule has 4 rings (SSSR count). The number of rotatable bonds is 4. The summed E-state index contributed by atoms with van der Waals surface area (Å²) in [6.45, 7) is 4.04. The SMILES string of the molecule is Cc1cc(C(=O)NNC(=O)[C@@H]2CCCN2C(=O)c2ccco2)c(C)n1-c1ccc(F)cc1. The number of hydrazine groups is 1. The van der Waals surface area contributed by atoms with Crippen molar-refractivity contribution >= 4 is 17.7 Å². The van der Waals surface area contributed by atoms with Gasteiger partial charge < -0.3 is 13.9 Å². The second kappa shape index (κ2) is 8.70. The lowest BCUT2D eigenvalue weighted by Gasteiger charge is -2.23. The van der Waals surface area contributed by atoms with Gasteiger partial charge in [-0.05, 0) is 69.2 Å². The quantitative estimate of drug-likeness (QED) is 0.612. The molecule has 3 amide bonds. The smallest absolute Gasteiger partial charge is 0.290 e. The van der Waals surface area contributed by atoms with Gasteiger partial charge >= 0.3 is 0 Å². The number of furan rings is 1. The van der Waals surface area contributed by atoms with Crippen molar-refractivity contribution < 1.29 is 23.2 Å². The van der Waals surface area contributed by atoms with E-state index in [1.54, 1.807) is 37.3 Å². The molecule has 1 aromatic carbocycles. The minimum absolute atomic E-state index is 0.168. The van der Waals surface area contributed by atoms with Crippen molar-refractivity contribution in [2.45, 2.75) is 32.7 Å². The number of hydrogen-bond donors (Lipinski definition) is 2. The molecule has 0 unspecified atom stereocenters. The van der Waals surface area contributed by atoms with Gasteiger partial charge in [-0.25, -0.2) is 4.39 Å². The summed E-state index contributed by atoms with van der Waals surface area (Å²) in [6, 6.07) is 10.1. The van der Waals surface area contributed by atoms with Crippen LogP contribution in [0.15, 0.2) is 53.1 Å². The summed E-state index contributed by atoms with van der Waals surface area (Å²) in [4.78, 5) is 39.4. The molecule has 1 saturated heterocycles. The number of hydrogen-bond acceptors (Lipinski definition) is 4. The second-order valence-corrected chi connectivity index (χ2v) is 7.67. The van der Waals surface area contributed by atoms with E-state index >= 15 is 0 Å². The maximum absolute atomic E-state index is 13.3. The summed E-state index contributed by atoms with van der Waals surface area (Å²) in [5, 5.41) is 0. The third kappa shape index (κ3) is 4.01. The largest absolute Gasteiger partial charge is 0.459 e. The van der Waals surface area contributed by atoms with Crippen LogP contribution in [0.4, 0.5) is 4.39 Å². The molecule has 0 radical (unpaired) electrons. The number of aromatic nitrogens is 1. The normalized spacial score (nSPS) is 15.6. The van der Waals surface area contributed by atoms with Crippen LogP contribution in [0.1, 0.15) is 45.1 Å². The Morgan fingerprint density at radius 3 is 2.53 bits per heavy atom. The van der Waals surface area contributed by atoms with Gasteiger partial charge in [-0.3, -0.25) is 25.2 Å². The molecule has 1 atom stereocenters. The number of likely N-dealkylation sites (tertiary alicyclic amines) is 1. The van der Waals surface area contributed by atoms with E-state index in [1.165, 1.54) is 23.3 Å². The molecule has 166 valence electrons. The van der Waals surface area contributed by atoms with Crippen molar-refractivity contribution in [2.75, 3.05) is 6.54 Å². The molecule has 1 aliphatic heterocycles. The van der Waals surface area contributed by atoms with E-state index in [9.17, 15) is 18.8 Å². The second-order valence-electron chi connectivity index (χ2n) is 7.67. The third-order valence-electron chi connectivity index (χ3n) is 5.61. The molecule has 32 heavy (non-hydrogen) atoms. The number of amides is 3. The molecule has 1 aliphatic rings. The Bertz CT molecular complexity index is 1150. The average molecular weight is 438 g/mol. The monoisotopic (exact) mass is 438 g/mol. The van der Waals surface area contributed by atoms with Crippen LogP contribution in [0.3, 0.4) is 0 Å². The van der Waals surface area contributed by atoms with Crippen molar-refractivity contribution in [3.63, 3.8) is 0 Å². The van der Waals surface area contributed by atoms with E-state index < -0.39 is 17.9 Å². The summed E-state index contributed by atoms with van der Waals surface area (Å²) in [7, 11) is 0. The van der Waals surface area contributed by atoms with Gasteiger partial charge in [0.1, 0.15) is 11.9 Å². The Hall–Kier alpha value is -3.88. The number of carbonyl (C=O) groups excluding carboxylic acids is 3. The molecule has 8 nitrogen and oxygen atoms in total. The third-order valence-corrected chi connectivity index (χ3v) is 5.61. The number of nitrogens with zero attached hydrogens (tertiary/aromatic N) is 2. The molecule has 2 N–H and O–H groups in total. The molecule has 3 aromatic rings. The van der Waals surface area contributed by atoms with E-state index in [1.807, 2.05) is 11.5 Å². The summed E-state index contributed by atoms with van der Waals surface area (Å²) in [5.74, 6) is -1.49. The Morgan fingerprint density at radius 2 is 1.84 bits per heavy atom. The zero-order valence-corrected chi connectivity index (χ0v) is 17.7. The van der Waals surface area contributed by atoms with E-state index in [-0.39, 0.29) is 17.5 Å². The predicted molar refractivity (Wildman–Crippen MR) is 114 cm³/mol. The topological polar surface area (TPSA) is 96.6 Å². The van der Waals surface area contributed by atoms with Gasteiger partial charge in [0.15, 0.2) is 5.76 Å². The first kappa shape index (κ1) is 21.4. The van der Waals surface area contributed by atoms with Crippen LogP contribution in [0.5, 0.6) is 0 Å². The Kier molecular flexibility index (Phi) is 5.81. The lowest BCUT2D eigenvalue weighted by Crippen LogP contribution is -2.51. The molecule has 3 heterocycles. The van der Waals surface area contributed by atoms with Gasteiger partial charge in [-0.15, -0.1) is 0 Å². The van der Waals surface area contributed by atoms with Crippen LogP contribution < -0.4 is 10.9 Å². The van der Waals surface area contributed by atoms with Crippen LogP contribution in [0.25, 0.3) is 5.69 Å².